The Balaban J connectivity index is 1.98. The van der Waals surface area contributed by atoms with Gasteiger partial charge in [0, 0.05) is 12.6 Å². The topological polar surface area (TPSA) is 37.4 Å². The quantitative estimate of drug-likeness (QED) is 0.759. The molecule has 0 aliphatic carbocycles. The van der Waals surface area contributed by atoms with Gasteiger partial charge in [0.05, 0.1) is 12.8 Å². The summed E-state index contributed by atoms with van der Waals surface area (Å²) < 4.78 is 5.15. The summed E-state index contributed by atoms with van der Waals surface area (Å²) >= 11 is 0. The van der Waals surface area contributed by atoms with Gasteiger partial charge >= 0.3 is 0 Å². The first-order chi connectivity index (χ1) is 7.38. The fraction of sp³-hybridized carbons (Fsp3) is 0.545. The zero-order valence-corrected chi connectivity index (χ0v) is 8.86. The van der Waals surface area contributed by atoms with Crippen molar-refractivity contribution in [2.45, 2.75) is 25.4 Å². The third-order valence-corrected chi connectivity index (χ3v) is 3.16. The molecule has 4 nitrogen and oxygen atoms in total. The first-order valence-corrected chi connectivity index (χ1v) is 5.47. The first-order valence-electron chi connectivity index (χ1n) is 5.47. The van der Waals surface area contributed by atoms with Crippen LogP contribution in [0, 0.1) is 0 Å². The number of methoxy groups -OCH3 is 1. The molecule has 4 heteroatoms. The summed E-state index contributed by atoms with van der Waals surface area (Å²) in [7, 11) is 1.66. The molecule has 15 heavy (non-hydrogen) atoms. The van der Waals surface area contributed by atoms with E-state index in [9.17, 15) is 0 Å². The summed E-state index contributed by atoms with van der Waals surface area (Å²) in [6, 6.07) is 3.96. The molecule has 0 bridgehead atoms. The summed E-state index contributed by atoms with van der Waals surface area (Å²) in [4.78, 5) is 6.85. The number of nitrogens with one attached hydrogen (secondary N) is 1. The van der Waals surface area contributed by atoms with E-state index in [-0.39, 0.29) is 0 Å². The Morgan fingerprint density at radius 3 is 3.27 bits per heavy atom. The van der Waals surface area contributed by atoms with Crippen LogP contribution in [-0.4, -0.2) is 24.8 Å². The smallest absolute Gasteiger partial charge is 0.215 e. The van der Waals surface area contributed by atoms with Crippen LogP contribution in [0.5, 0.6) is 5.88 Å². The van der Waals surface area contributed by atoms with E-state index in [2.05, 4.69) is 21.3 Å². The molecule has 0 spiro atoms. The lowest BCUT2D eigenvalue weighted by Crippen LogP contribution is -2.39. The van der Waals surface area contributed by atoms with Crippen molar-refractivity contribution < 1.29 is 4.74 Å². The maximum absolute atomic E-state index is 5.15. The highest BCUT2D eigenvalue weighted by atomic mass is 16.5. The van der Waals surface area contributed by atoms with E-state index in [4.69, 9.17) is 4.74 Å². The molecule has 0 saturated carbocycles. The summed E-state index contributed by atoms with van der Waals surface area (Å²) in [5.74, 6) is 1.75. The van der Waals surface area contributed by atoms with E-state index in [1.165, 1.54) is 19.3 Å². The molecule has 3 heterocycles. The van der Waals surface area contributed by atoms with Gasteiger partial charge in [-0.25, -0.2) is 0 Å². The number of pyridine rings is 1. The van der Waals surface area contributed by atoms with Crippen molar-refractivity contribution in [3.05, 3.63) is 12.1 Å². The van der Waals surface area contributed by atoms with Crippen LogP contribution in [0.1, 0.15) is 19.3 Å². The minimum Gasteiger partial charge on any atom is -0.481 e. The largest absolute Gasteiger partial charge is 0.481 e. The van der Waals surface area contributed by atoms with Gasteiger partial charge in [-0.2, -0.15) is 4.98 Å². The minimum absolute atomic E-state index is 0.452. The number of rotatable bonds is 1. The predicted molar refractivity (Wildman–Crippen MR) is 59.4 cm³/mol. The average molecular weight is 205 g/mol. The Bertz CT molecular complexity index is 380. The maximum Gasteiger partial charge on any atom is 0.215 e. The molecule has 1 aromatic heterocycles. The van der Waals surface area contributed by atoms with Crippen LogP contribution in [0.15, 0.2) is 12.1 Å². The fourth-order valence-electron chi connectivity index (χ4n) is 2.39. The third-order valence-electron chi connectivity index (χ3n) is 3.16. The fourth-order valence-corrected chi connectivity index (χ4v) is 2.39. The second kappa shape index (κ2) is 3.29. The zero-order chi connectivity index (χ0) is 10.3. The highest BCUT2D eigenvalue weighted by Crippen LogP contribution is 2.37. The average Bonchev–Trinajstić information content (AvgIpc) is 2.66. The molecule has 1 N–H and O–H groups in total. The monoisotopic (exact) mass is 205 g/mol. The van der Waals surface area contributed by atoms with Gasteiger partial charge in [0.25, 0.3) is 0 Å². The van der Waals surface area contributed by atoms with Crippen LogP contribution >= 0.6 is 0 Å². The standard InChI is InChI=1S/C11H15N3O/c1-15-10-6-5-8-11(13-10)14-7-3-2-4-9(14)12-8/h5-6,9,12H,2-4,7H2,1H3. The van der Waals surface area contributed by atoms with E-state index in [0.29, 0.717) is 12.0 Å². The molecule has 0 amide bonds. The molecule has 3 rings (SSSR count). The van der Waals surface area contributed by atoms with Crippen molar-refractivity contribution in [3.8, 4) is 5.88 Å². The van der Waals surface area contributed by atoms with Crippen molar-refractivity contribution in [2.75, 3.05) is 23.9 Å². The Labute approximate surface area is 89.3 Å². The number of anilines is 2. The van der Waals surface area contributed by atoms with Crippen molar-refractivity contribution >= 4 is 11.5 Å². The number of nitrogens with zero attached hydrogens (tertiary/aromatic N) is 2. The molecule has 2 aliphatic heterocycles. The Morgan fingerprint density at radius 1 is 1.47 bits per heavy atom. The summed E-state index contributed by atoms with van der Waals surface area (Å²) in [6.45, 7) is 1.10. The lowest BCUT2D eigenvalue weighted by Gasteiger charge is -2.30. The number of ether oxygens (including phenoxy) is 1. The third kappa shape index (κ3) is 1.32. The number of aromatic nitrogens is 1. The molecule has 1 unspecified atom stereocenters. The van der Waals surface area contributed by atoms with Crippen molar-refractivity contribution in [1.29, 1.82) is 0 Å². The van der Waals surface area contributed by atoms with Gasteiger partial charge < -0.3 is 15.0 Å². The molecule has 0 aromatic carbocycles. The summed E-state index contributed by atoms with van der Waals surface area (Å²) in [5.41, 5.74) is 1.14. The van der Waals surface area contributed by atoms with Crippen molar-refractivity contribution in [3.63, 3.8) is 0 Å². The molecule has 80 valence electrons. The molecule has 1 fully saturated rings. The number of hydrogen-bond donors (Lipinski definition) is 1. The molecule has 1 saturated heterocycles. The highest BCUT2D eigenvalue weighted by molar-refractivity contribution is 5.73. The van der Waals surface area contributed by atoms with E-state index < -0.39 is 0 Å². The van der Waals surface area contributed by atoms with E-state index in [1.54, 1.807) is 7.11 Å². The maximum atomic E-state index is 5.15. The van der Waals surface area contributed by atoms with Crippen LogP contribution in [0.4, 0.5) is 11.5 Å². The molecule has 1 atom stereocenters. The van der Waals surface area contributed by atoms with Gasteiger partial charge in [-0.1, -0.05) is 0 Å². The molecule has 0 radical (unpaired) electrons. The Morgan fingerprint density at radius 2 is 2.40 bits per heavy atom. The van der Waals surface area contributed by atoms with Gasteiger partial charge in [-0.05, 0) is 25.3 Å². The van der Waals surface area contributed by atoms with Gasteiger partial charge in [-0.15, -0.1) is 0 Å². The summed E-state index contributed by atoms with van der Waals surface area (Å²) in [5, 5.41) is 3.50. The van der Waals surface area contributed by atoms with Crippen LogP contribution < -0.4 is 15.0 Å². The van der Waals surface area contributed by atoms with Crippen LogP contribution in [0.3, 0.4) is 0 Å². The lowest BCUT2D eigenvalue weighted by atomic mass is 10.1. The van der Waals surface area contributed by atoms with Crippen LogP contribution in [0.25, 0.3) is 0 Å². The molecular formula is C11H15N3O. The second-order valence-electron chi connectivity index (χ2n) is 4.07. The van der Waals surface area contributed by atoms with E-state index in [0.717, 1.165) is 18.1 Å². The molecule has 2 aliphatic rings. The van der Waals surface area contributed by atoms with E-state index in [1.807, 2.05) is 6.07 Å². The second-order valence-corrected chi connectivity index (χ2v) is 4.07. The summed E-state index contributed by atoms with van der Waals surface area (Å²) in [6.07, 6.45) is 4.22. The predicted octanol–water partition coefficient (Wildman–Crippen LogP) is 1.83. The zero-order valence-electron chi connectivity index (χ0n) is 8.86. The van der Waals surface area contributed by atoms with Crippen LogP contribution in [0.2, 0.25) is 0 Å². The van der Waals surface area contributed by atoms with Gasteiger partial charge in [0.2, 0.25) is 5.88 Å². The van der Waals surface area contributed by atoms with E-state index >= 15 is 0 Å². The Kier molecular flexibility index (Phi) is 1.94. The number of fused-ring (bicyclic) bond motifs is 3. The SMILES string of the molecule is COc1ccc2c(n1)N1CCCCC1N2. The first kappa shape index (κ1) is 8.83. The number of hydrogen-bond acceptors (Lipinski definition) is 4. The van der Waals surface area contributed by atoms with Gasteiger partial charge in [0.1, 0.15) is 6.17 Å². The Hall–Kier alpha value is -1.45. The van der Waals surface area contributed by atoms with Crippen LogP contribution in [-0.2, 0) is 0 Å². The highest BCUT2D eigenvalue weighted by Gasteiger charge is 2.31. The van der Waals surface area contributed by atoms with Gasteiger partial charge in [-0.3, -0.25) is 0 Å². The number of piperidine rings is 1. The molecule has 1 aromatic rings. The van der Waals surface area contributed by atoms with Crippen molar-refractivity contribution in [1.82, 2.24) is 4.98 Å². The minimum atomic E-state index is 0.452. The lowest BCUT2D eigenvalue weighted by molar-refractivity contribution is 0.397. The van der Waals surface area contributed by atoms with Crippen molar-refractivity contribution in [2.24, 2.45) is 0 Å². The van der Waals surface area contributed by atoms with Gasteiger partial charge in [0.15, 0.2) is 5.82 Å². The normalized spacial score (nSPS) is 23.0. The molecular weight excluding hydrogens is 190 g/mol.